The molecule has 2 N–H and O–H groups in total. The second-order valence-corrected chi connectivity index (χ2v) is 6.18. The second kappa shape index (κ2) is 7.89. The molecule has 0 spiro atoms. The number of nitrogens with two attached hydrogens (primary N) is 1. The molecule has 0 aliphatic carbocycles. The predicted octanol–water partition coefficient (Wildman–Crippen LogP) is 4.20. The number of aryl methyl sites for hydroxylation is 1. The number of nitriles is 1. The zero-order valence-corrected chi connectivity index (χ0v) is 16.2. The van der Waals surface area contributed by atoms with Crippen molar-refractivity contribution in [2.45, 2.75) is 6.92 Å². The molecule has 28 heavy (non-hydrogen) atoms. The summed E-state index contributed by atoms with van der Waals surface area (Å²) in [5.41, 5.74) is 10.4. The first-order valence-electron chi connectivity index (χ1n) is 8.61. The fourth-order valence-electron chi connectivity index (χ4n) is 3.08. The summed E-state index contributed by atoms with van der Waals surface area (Å²) in [6.45, 7) is 2.02. The van der Waals surface area contributed by atoms with E-state index in [1.165, 1.54) is 14.2 Å². The maximum absolute atomic E-state index is 9.68. The summed E-state index contributed by atoms with van der Waals surface area (Å²) in [6, 6.07) is 15.5. The van der Waals surface area contributed by atoms with E-state index in [1.807, 2.05) is 43.3 Å². The highest BCUT2D eigenvalue weighted by Crippen LogP contribution is 2.46. The first kappa shape index (κ1) is 19.1. The van der Waals surface area contributed by atoms with E-state index in [0.29, 0.717) is 34.1 Å². The maximum atomic E-state index is 9.68. The van der Waals surface area contributed by atoms with Crippen molar-refractivity contribution in [1.29, 1.82) is 5.26 Å². The van der Waals surface area contributed by atoms with Crippen LogP contribution in [0.15, 0.2) is 42.5 Å². The van der Waals surface area contributed by atoms with Gasteiger partial charge in [0.05, 0.1) is 27.0 Å². The average Bonchev–Trinajstić information content (AvgIpc) is 2.72. The highest BCUT2D eigenvalue weighted by molar-refractivity contribution is 5.85. The van der Waals surface area contributed by atoms with Crippen LogP contribution in [0, 0.1) is 18.3 Å². The van der Waals surface area contributed by atoms with E-state index in [1.54, 1.807) is 13.2 Å². The van der Waals surface area contributed by atoms with Gasteiger partial charge in [0, 0.05) is 16.7 Å². The van der Waals surface area contributed by atoms with Crippen LogP contribution in [0.2, 0.25) is 0 Å². The fourth-order valence-corrected chi connectivity index (χ4v) is 3.08. The Morgan fingerprint density at radius 3 is 2.14 bits per heavy atom. The zero-order valence-electron chi connectivity index (χ0n) is 16.2. The van der Waals surface area contributed by atoms with Gasteiger partial charge in [0.1, 0.15) is 17.5 Å². The molecule has 0 bridgehead atoms. The molecule has 0 unspecified atom stereocenters. The Morgan fingerprint density at radius 2 is 1.57 bits per heavy atom. The van der Waals surface area contributed by atoms with Gasteiger partial charge in [-0.05, 0) is 25.1 Å². The Balaban J connectivity index is 2.30. The van der Waals surface area contributed by atoms with Crippen molar-refractivity contribution in [1.82, 2.24) is 4.98 Å². The summed E-state index contributed by atoms with van der Waals surface area (Å²) in [7, 11) is 4.63. The lowest BCUT2D eigenvalue weighted by molar-refractivity contribution is 0.325. The molecule has 1 heterocycles. The molecule has 0 aliphatic heterocycles. The first-order chi connectivity index (χ1) is 13.5. The molecule has 0 fully saturated rings. The van der Waals surface area contributed by atoms with Crippen LogP contribution in [0.3, 0.4) is 0 Å². The van der Waals surface area contributed by atoms with Crippen LogP contribution in [0.1, 0.15) is 11.1 Å². The van der Waals surface area contributed by atoms with Crippen molar-refractivity contribution in [2.24, 2.45) is 0 Å². The summed E-state index contributed by atoms with van der Waals surface area (Å²) in [5.74, 6) is 1.59. The van der Waals surface area contributed by atoms with Crippen molar-refractivity contribution in [3.8, 4) is 45.7 Å². The van der Waals surface area contributed by atoms with E-state index in [9.17, 15) is 5.26 Å². The van der Waals surface area contributed by atoms with E-state index >= 15 is 0 Å². The minimum atomic E-state index is 0.160. The molecule has 3 aromatic rings. The summed E-state index contributed by atoms with van der Waals surface area (Å²) in [6.07, 6.45) is 0. The summed E-state index contributed by atoms with van der Waals surface area (Å²) >= 11 is 0. The third kappa shape index (κ3) is 3.30. The Bertz CT molecular complexity index is 1050. The van der Waals surface area contributed by atoms with E-state index in [0.717, 1.165) is 11.1 Å². The van der Waals surface area contributed by atoms with Crippen molar-refractivity contribution in [3.05, 3.63) is 53.6 Å². The molecular weight excluding hydrogens is 354 g/mol. The maximum Gasteiger partial charge on any atom is 0.203 e. The number of ether oxygens (including phenoxy) is 3. The monoisotopic (exact) mass is 375 g/mol. The van der Waals surface area contributed by atoms with E-state index < -0.39 is 0 Å². The van der Waals surface area contributed by atoms with Crippen LogP contribution in [0.4, 0.5) is 5.82 Å². The summed E-state index contributed by atoms with van der Waals surface area (Å²) in [5, 5.41) is 9.68. The number of nitrogen functional groups attached to an aromatic ring is 1. The van der Waals surface area contributed by atoms with Gasteiger partial charge in [-0.3, -0.25) is 0 Å². The molecule has 0 atom stereocenters. The Hall–Kier alpha value is -3.72. The van der Waals surface area contributed by atoms with Crippen LogP contribution in [0.5, 0.6) is 17.2 Å². The lowest BCUT2D eigenvalue weighted by atomic mass is 9.97. The number of hydrogen-bond acceptors (Lipinski definition) is 6. The highest BCUT2D eigenvalue weighted by atomic mass is 16.5. The quantitative estimate of drug-likeness (QED) is 0.719. The third-order valence-corrected chi connectivity index (χ3v) is 4.50. The molecule has 0 amide bonds. The number of pyridine rings is 1. The van der Waals surface area contributed by atoms with Crippen LogP contribution in [-0.4, -0.2) is 26.3 Å². The molecule has 0 saturated carbocycles. The van der Waals surface area contributed by atoms with Gasteiger partial charge in [-0.15, -0.1) is 0 Å². The van der Waals surface area contributed by atoms with Crippen molar-refractivity contribution in [2.75, 3.05) is 27.1 Å². The van der Waals surface area contributed by atoms with Gasteiger partial charge < -0.3 is 19.9 Å². The zero-order chi connectivity index (χ0) is 20.3. The second-order valence-electron chi connectivity index (χ2n) is 6.18. The fraction of sp³-hybridized carbons (Fsp3) is 0.182. The topological polar surface area (TPSA) is 90.4 Å². The smallest absolute Gasteiger partial charge is 0.203 e. The minimum absolute atomic E-state index is 0.160. The normalized spacial score (nSPS) is 10.2. The van der Waals surface area contributed by atoms with Crippen LogP contribution in [0.25, 0.3) is 22.4 Å². The Morgan fingerprint density at radius 1 is 0.893 bits per heavy atom. The molecule has 6 nitrogen and oxygen atoms in total. The third-order valence-electron chi connectivity index (χ3n) is 4.50. The molecule has 0 aliphatic rings. The van der Waals surface area contributed by atoms with Crippen molar-refractivity contribution >= 4 is 5.82 Å². The van der Waals surface area contributed by atoms with Gasteiger partial charge in [-0.25, -0.2) is 4.98 Å². The molecular formula is C22H21N3O3. The number of nitrogens with zero attached hydrogens (tertiary/aromatic N) is 2. The minimum Gasteiger partial charge on any atom is -0.493 e. The van der Waals surface area contributed by atoms with E-state index in [4.69, 9.17) is 19.9 Å². The molecule has 0 saturated heterocycles. The van der Waals surface area contributed by atoms with E-state index in [2.05, 4.69) is 11.1 Å². The number of anilines is 1. The van der Waals surface area contributed by atoms with Gasteiger partial charge in [0.25, 0.3) is 0 Å². The summed E-state index contributed by atoms with van der Waals surface area (Å²) in [4.78, 5) is 4.42. The lowest BCUT2D eigenvalue weighted by Crippen LogP contribution is -2.02. The SMILES string of the molecule is COc1ccc(-c2cc(-c3ccc(C)cc3)nc(N)c2C#N)c(OC)c1OC. The molecule has 2 aromatic carbocycles. The number of aromatic nitrogens is 1. The van der Waals surface area contributed by atoms with Gasteiger partial charge in [0.2, 0.25) is 5.75 Å². The number of hydrogen-bond donors (Lipinski definition) is 1. The molecule has 3 rings (SSSR count). The number of benzene rings is 2. The van der Waals surface area contributed by atoms with Gasteiger partial charge in [0.15, 0.2) is 11.5 Å². The molecule has 6 heteroatoms. The lowest BCUT2D eigenvalue weighted by Gasteiger charge is -2.17. The summed E-state index contributed by atoms with van der Waals surface area (Å²) < 4.78 is 16.4. The predicted molar refractivity (Wildman–Crippen MR) is 109 cm³/mol. The highest BCUT2D eigenvalue weighted by Gasteiger charge is 2.21. The van der Waals surface area contributed by atoms with Crippen molar-refractivity contribution in [3.63, 3.8) is 0 Å². The average molecular weight is 375 g/mol. The molecule has 142 valence electrons. The number of rotatable bonds is 5. The van der Waals surface area contributed by atoms with E-state index in [-0.39, 0.29) is 11.4 Å². The Labute approximate surface area is 164 Å². The standard InChI is InChI=1S/C22H21N3O3/c1-13-5-7-14(8-6-13)18-11-16(17(12-23)22(24)25-18)15-9-10-19(26-2)21(28-4)20(15)27-3/h5-11H,1-4H3,(H2,24,25). The Kier molecular flexibility index (Phi) is 5.37. The van der Waals surface area contributed by atoms with Gasteiger partial charge in [-0.1, -0.05) is 29.8 Å². The molecule has 1 aromatic heterocycles. The van der Waals surface area contributed by atoms with Gasteiger partial charge in [-0.2, -0.15) is 5.26 Å². The van der Waals surface area contributed by atoms with Crippen LogP contribution in [-0.2, 0) is 0 Å². The first-order valence-corrected chi connectivity index (χ1v) is 8.61. The number of methoxy groups -OCH3 is 3. The molecule has 0 radical (unpaired) electrons. The van der Waals surface area contributed by atoms with Gasteiger partial charge >= 0.3 is 0 Å². The largest absolute Gasteiger partial charge is 0.493 e. The van der Waals surface area contributed by atoms with Crippen molar-refractivity contribution < 1.29 is 14.2 Å². The van der Waals surface area contributed by atoms with Crippen LogP contribution >= 0.6 is 0 Å². The van der Waals surface area contributed by atoms with Crippen LogP contribution < -0.4 is 19.9 Å².